The molecule has 0 bridgehead atoms. The van der Waals surface area contributed by atoms with E-state index in [1.54, 1.807) is 36.4 Å². The molecule has 0 amide bonds. The van der Waals surface area contributed by atoms with Gasteiger partial charge in [0.15, 0.2) is 9.84 Å². The minimum absolute atomic E-state index is 0.121. The summed E-state index contributed by atoms with van der Waals surface area (Å²) in [6.45, 7) is 0.121. The van der Waals surface area contributed by atoms with Crippen molar-refractivity contribution in [2.75, 3.05) is 6.26 Å². The Bertz CT molecular complexity index is 712. The Morgan fingerprint density at radius 1 is 1.15 bits per heavy atom. The Morgan fingerprint density at radius 3 is 2.35 bits per heavy atom. The Hall–Kier alpha value is -1.37. The number of rotatable bonds is 4. The molecule has 0 radical (unpaired) electrons. The molecule has 0 saturated carbocycles. The molecule has 6 heteroatoms. The van der Waals surface area contributed by atoms with Gasteiger partial charge in [-0.15, -0.1) is 0 Å². The van der Waals surface area contributed by atoms with Crippen LogP contribution >= 0.6 is 11.8 Å². The van der Waals surface area contributed by atoms with Crippen LogP contribution in [0.4, 0.5) is 4.39 Å². The fourth-order valence-corrected chi connectivity index (χ4v) is 3.32. The average Bonchev–Trinajstić information content (AvgIpc) is 2.38. The first-order chi connectivity index (χ1) is 9.41. The molecule has 0 aliphatic rings. The van der Waals surface area contributed by atoms with Gasteiger partial charge in [-0.25, -0.2) is 12.8 Å². The molecule has 0 unspecified atom stereocenters. The second-order valence-electron chi connectivity index (χ2n) is 4.27. The van der Waals surface area contributed by atoms with E-state index in [4.69, 9.17) is 5.73 Å². The molecule has 0 aliphatic heterocycles. The lowest BCUT2D eigenvalue weighted by atomic mass is 10.2. The Balaban J connectivity index is 2.29. The normalized spacial score (nSPS) is 11.6. The molecule has 2 aromatic rings. The van der Waals surface area contributed by atoms with Crippen LogP contribution in [0.25, 0.3) is 0 Å². The molecule has 2 aromatic carbocycles. The van der Waals surface area contributed by atoms with Crippen molar-refractivity contribution in [2.45, 2.75) is 21.2 Å². The van der Waals surface area contributed by atoms with Gasteiger partial charge in [0.25, 0.3) is 0 Å². The standard InChI is InChI=1S/C14H14FNO2S2/c1-20(17,18)11-7-5-10(6-8-11)19-14-4-2-3-13(15)12(14)9-16/h2-8H,9,16H2,1H3. The first-order valence-corrected chi connectivity index (χ1v) is 8.58. The van der Waals surface area contributed by atoms with E-state index in [-0.39, 0.29) is 17.3 Å². The summed E-state index contributed by atoms with van der Waals surface area (Å²) in [7, 11) is -3.20. The van der Waals surface area contributed by atoms with Crippen LogP contribution in [0.15, 0.2) is 57.2 Å². The predicted molar refractivity (Wildman–Crippen MR) is 78.0 cm³/mol. The van der Waals surface area contributed by atoms with Crippen LogP contribution in [0.2, 0.25) is 0 Å². The zero-order valence-corrected chi connectivity index (χ0v) is 12.5. The number of sulfone groups is 1. The van der Waals surface area contributed by atoms with Gasteiger partial charge in [-0.1, -0.05) is 17.8 Å². The third-order valence-corrected chi connectivity index (χ3v) is 5.00. The Kier molecular flexibility index (Phi) is 4.47. The van der Waals surface area contributed by atoms with E-state index < -0.39 is 9.84 Å². The van der Waals surface area contributed by atoms with E-state index in [0.717, 1.165) is 16.0 Å². The van der Waals surface area contributed by atoms with E-state index in [9.17, 15) is 12.8 Å². The van der Waals surface area contributed by atoms with Gasteiger partial charge in [-0.05, 0) is 36.4 Å². The fraction of sp³-hybridized carbons (Fsp3) is 0.143. The summed E-state index contributed by atoms with van der Waals surface area (Å²) < 4.78 is 36.4. The molecule has 106 valence electrons. The van der Waals surface area contributed by atoms with Crippen molar-refractivity contribution >= 4 is 21.6 Å². The maximum Gasteiger partial charge on any atom is 0.175 e. The molecule has 0 atom stereocenters. The summed E-state index contributed by atoms with van der Waals surface area (Å²) in [4.78, 5) is 1.83. The highest BCUT2D eigenvalue weighted by Crippen LogP contribution is 2.32. The molecule has 0 aromatic heterocycles. The quantitative estimate of drug-likeness (QED) is 0.943. The van der Waals surface area contributed by atoms with Crippen LogP contribution in [0.5, 0.6) is 0 Å². The summed E-state index contributed by atoms with van der Waals surface area (Å²) in [6.07, 6.45) is 1.16. The van der Waals surface area contributed by atoms with Crippen LogP contribution < -0.4 is 5.73 Å². The first-order valence-electron chi connectivity index (χ1n) is 5.87. The van der Waals surface area contributed by atoms with Crippen molar-refractivity contribution in [3.63, 3.8) is 0 Å². The second-order valence-corrected chi connectivity index (χ2v) is 7.40. The molecule has 0 aliphatic carbocycles. The fourth-order valence-electron chi connectivity index (χ4n) is 1.71. The van der Waals surface area contributed by atoms with Crippen LogP contribution in [0.3, 0.4) is 0 Å². The summed E-state index contributed by atoms with van der Waals surface area (Å²) >= 11 is 1.36. The molecular weight excluding hydrogens is 297 g/mol. The predicted octanol–water partition coefficient (Wildman–Crippen LogP) is 2.84. The molecule has 0 saturated heterocycles. The lowest BCUT2D eigenvalue weighted by Crippen LogP contribution is -2.01. The van der Waals surface area contributed by atoms with Gasteiger partial charge in [0, 0.05) is 28.2 Å². The minimum atomic E-state index is -3.20. The molecule has 0 spiro atoms. The number of benzene rings is 2. The molecular formula is C14H14FNO2S2. The van der Waals surface area contributed by atoms with E-state index in [1.165, 1.54) is 17.8 Å². The number of hydrogen-bond donors (Lipinski definition) is 1. The Labute approximate surface area is 121 Å². The highest BCUT2D eigenvalue weighted by molar-refractivity contribution is 7.99. The molecule has 3 nitrogen and oxygen atoms in total. The van der Waals surface area contributed by atoms with Gasteiger partial charge >= 0.3 is 0 Å². The maximum absolute atomic E-state index is 13.6. The topological polar surface area (TPSA) is 60.2 Å². The second kappa shape index (κ2) is 5.95. The van der Waals surface area contributed by atoms with E-state index in [0.29, 0.717) is 5.56 Å². The molecule has 20 heavy (non-hydrogen) atoms. The van der Waals surface area contributed by atoms with E-state index >= 15 is 0 Å². The number of halogens is 1. The van der Waals surface area contributed by atoms with Gasteiger partial charge in [0.1, 0.15) is 5.82 Å². The summed E-state index contributed by atoms with van der Waals surface area (Å²) in [5, 5.41) is 0. The van der Waals surface area contributed by atoms with Crippen molar-refractivity contribution in [1.82, 2.24) is 0 Å². The van der Waals surface area contributed by atoms with Crippen LogP contribution in [0.1, 0.15) is 5.56 Å². The molecule has 0 fully saturated rings. The van der Waals surface area contributed by atoms with E-state index in [1.807, 2.05) is 0 Å². The van der Waals surface area contributed by atoms with Gasteiger partial charge in [0.2, 0.25) is 0 Å². The van der Waals surface area contributed by atoms with Crippen LogP contribution in [0, 0.1) is 5.82 Å². The zero-order chi connectivity index (χ0) is 14.8. The highest BCUT2D eigenvalue weighted by atomic mass is 32.2. The van der Waals surface area contributed by atoms with Crippen molar-refractivity contribution < 1.29 is 12.8 Å². The monoisotopic (exact) mass is 311 g/mol. The minimum Gasteiger partial charge on any atom is -0.326 e. The van der Waals surface area contributed by atoms with Gasteiger partial charge < -0.3 is 5.73 Å². The van der Waals surface area contributed by atoms with Crippen LogP contribution in [-0.4, -0.2) is 14.7 Å². The molecule has 2 N–H and O–H groups in total. The first kappa shape index (κ1) is 15.0. The van der Waals surface area contributed by atoms with E-state index in [2.05, 4.69) is 0 Å². The smallest absolute Gasteiger partial charge is 0.175 e. The van der Waals surface area contributed by atoms with Crippen molar-refractivity contribution in [2.24, 2.45) is 5.73 Å². The highest BCUT2D eigenvalue weighted by Gasteiger charge is 2.10. The molecule has 2 rings (SSSR count). The lowest BCUT2D eigenvalue weighted by molar-refractivity contribution is 0.601. The summed E-state index contributed by atoms with van der Waals surface area (Å²) in [5.41, 5.74) is 6.02. The maximum atomic E-state index is 13.6. The van der Waals surface area contributed by atoms with Crippen molar-refractivity contribution in [1.29, 1.82) is 0 Å². The van der Waals surface area contributed by atoms with Gasteiger partial charge in [-0.3, -0.25) is 0 Å². The summed E-state index contributed by atoms with van der Waals surface area (Å²) in [6, 6.07) is 11.3. The zero-order valence-electron chi connectivity index (χ0n) is 10.8. The van der Waals surface area contributed by atoms with Gasteiger partial charge in [0.05, 0.1) is 4.90 Å². The number of nitrogens with two attached hydrogens (primary N) is 1. The molecule has 0 heterocycles. The largest absolute Gasteiger partial charge is 0.326 e. The lowest BCUT2D eigenvalue weighted by Gasteiger charge is -2.08. The number of hydrogen-bond acceptors (Lipinski definition) is 4. The SMILES string of the molecule is CS(=O)(=O)c1ccc(Sc2cccc(F)c2CN)cc1. The average molecular weight is 311 g/mol. The van der Waals surface area contributed by atoms with Crippen LogP contribution in [-0.2, 0) is 16.4 Å². The van der Waals surface area contributed by atoms with Crippen molar-refractivity contribution in [3.8, 4) is 0 Å². The Morgan fingerprint density at radius 2 is 1.80 bits per heavy atom. The van der Waals surface area contributed by atoms with Gasteiger partial charge in [-0.2, -0.15) is 0 Å². The third-order valence-electron chi connectivity index (χ3n) is 2.76. The third kappa shape index (κ3) is 3.39. The van der Waals surface area contributed by atoms with Crippen molar-refractivity contribution in [3.05, 3.63) is 53.8 Å². The summed E-state index contributed by atoms with van der Waals surface area (Å²) in [5.74, 6) is -0.328.